The summed E-state index contributed by atoms with van der Waals surface area (Å²) in [6.07, 6.45) is 0. The minimum Gasteiger partial charge on any atom is -0.368 e. The van der Waals surface area contributed by atoms with E-state index < -0.39 is 0 Å². The minimum atomic E-state index is 0.0736. The fourth-order valence-electron chi connectivity index (χ4n) is 3.28. The van der Waals surface area contributed by atoms with Crippen molar-refractivity contribution in [1.29, 1.82) is 0 Å². The Morgan fingerprint density at radius 2 is 1.61 bits per heavy atom. The van der Waals surface area contributed by atoms with Crippen molar-refractivity contribution in [2.75, 3.05) is 55.8 Å². The topological polar surface area (TPSA) is 100 Å². The second-order valence-corrected chi connectivity index (χ2v) is 7.83. The molecule has 152 valence electrons. The van der Waals surface area contributed by atoms with Gasteiger partial charge in [-0.25, -0.2) is 9.97 Å². The summed E-state index contributed by atoms with van der Waals surface area (Å²) in [6, 6.07) is 2.14. The molecule has 0 aliphatic carbocycles. The van der Waals surface area contributed by atoms with Crippen molar-refractivity contribution in [3.05, 3.63) is 23.4 Å². The normalized spacial score (nSPS) is 16.5. The number of anilines is 3. The first-order valence-electron chi connectivity index (χ1n) is 9.78. The van der Waals surface area contributed by atoms with Gasteiger partial charge in [-0.15, -0.1) is 0 Å². The lowest BCUT2D eigenvalue weighted by molar-refractivity contribution is 0.191. The van der Waals surface area contributed by atoms with E-state index in [4.69, 9.17) is 10.7 Å². The van der Waals surface area contributed by atoms with Crippen LogP contribution >= 0.6 is 0 Å². The van der Waals surface area contributed by atoms with Crippen molar-refractivity contribution in [3.8, 4) is 0 Å². The molecule has 3 rings (SSSR count). The molecule has 9 nitrogen and oxygen atoms in total. The molecular formula is C19H31N9. The largest absolute Gasteiger partial charge is 0.368 e. The summed E-state index contributed by atoms with van der Waals surface area (Å²) in [7, 11) is 3.80. The highest BCUT2D eigenvalue weighted by atomic mass is 15.3. The van der Waals surface area contributed by atoms with E-state index in [9.17, 15) is 0 Å². The molecule has 0 spiro atoms. The van der Waals surface area contributed by atoms with Crippen LogP contribution in [0.15, 0.2) is 6.07 Å². The highest BCUT2D eigenvalue weighted by molar-refractivity contribution is 5.41. The maximum Gasteiger partial charge on any atom is 0.229 e. The molecule has 0 amide bonds. The van der Waals surface area contributed by atoms with E-state index in [0.717, 1.165) is 43.5 Å². The molecule has 0 radical (unpaired) electrons. The average Bonchev–Trinajstić information content (AvgIpc) is 2.66. The maximum absolute atomic E-state index is 5.89. The number of nitrogens with zero attached hydrogens (tertiary/aromatic N) is 8. The summed E-state index contributed by atoms with van der Waals surface area (Å²) in [6.45, 7) is 12.0. The van der Waals surface area contributed by atoms with Crippen molar-refractivity contribution in [2.45, 2.75) is 39.7 Å². The number of nitrogen functional groups attached to an aromatic ring is 1. The monoisotopic (exact) mass is 385 g/mol. The van der Waals surface area contributed by atoms with Gasteiger partial charge in [-0.1, -0.05) is 13.8 Å². The van der Waals surface area contributed by atoms with Gasteiger partial charge in [-0.2, -0.15) is 15.0 Å². The van der Waals surface area contributed by atoms with E-state index >= 15 is 0 Å². The SMILES string of the molecule is Cc1cc(N2CCN(C(C)c3nc(N)nc(N(C)C)n3)CC2)nc(C(C)C)n1. The van der Waals surface area contributed by atoms with Crippen LogP contribution in [-0.2, 0) is 0 Å². The van der Waals surface area contributed by atoms with Gasteiger partial charge in [-0.05, 0) is 13.8 Å². The lowest BCUT2D eigenvalue weighted by Crippen LogP contribution is -2.47. The van der Waals surface area contributed by atoms with Crippen LogP contribution in [0.4, 0.5) is 17.7 Å². The summed E-state index contributed by atoms with van der Waals surface area (Å²) >= 11 is 0. The molecule has 0 saturated carbocycles. The first-order chi connectivity index (χ1) is 13.2. The van der Waals surface area contributed by atoms with Crippen LogP contribution in [0.3, 0.4) is 0 Å². The van der Waals surface area contributed by atoms with Crippen LogP contribution in [0.25, 0.3) is 0 Å². The van der Waals surface area contributed by atoms with Gasteiger partial charge in [0.15, 0.2) is 5.82 Å². The first kappa shape index (κ1) is 20.2. The van der Waals surface area contributed by atoms with Gasteiger partial charge in [0.05, 0.1) is 6.04 Å². The number of piperazine rings is 1. The third-order valence-electron chi connectivity index (χ3n) is 4.99. The van der Waals surface area contributed by atoms with E-state index in [2.05, 4.69) is 56.6 Å². The highest BCUT2D eigenvalue weighted by Crippen LogP contribution is 2.23. The lowest BCUT2D eigenvalue weighted by Gasteiger charge is -2.38. The zero-order chi connectivity index (χ0) is 20.4. The van der Waals surface area contributed by atoms with Crippen molar-refractivity contribution in [2.24, 2.45) is 0 Å². The second-order valence-electron chi connectivity index (χ2n) is 7.83. The molecule has 2 N–H and O–H groups in total. The predicted octanol–water partition coefficient (Wildman–Crippen LogP) is 1.62. The van der Waals surface area contributed by atoms with Gasteiger partial charge >= 0.3 is 0 Å². The van der Waals surface area contributed by atoms with E-state index in [1.807, 2.05) is 25.9 Å². The van der Waals surface area contributed by atoms with E-state index in [1.165, 1.54) is 0 Å². The summed E-state index contributed by atoms with van der Waals surface area (Å²) < 4.78 is 0. The van der Waals surface area contributed by atoms with Crippen molar-refractivity contribution in [1.82, 2.24) is 29.8 Å². The maximum atomic E-state index is 5.89. The number of aryl methyl sites for hydroxylation is 1. The van der Waals surface area contributed by atoms with Gasteiger partial charge in [0.1, 0.15) is 11.6 Å². The fourth-order valence-corrected chi connectivity index (χ4v) is 3.28. The molecule has 2 aromatic heterocycles. The molecule has 1 aliphatic heterocycles. The van der Waals surface area contributed by atoms with Crippen LogP contribution < -0.4 is 15.5 Å². The molecule has 1 unspecified atom stereocenters. The van der Waals surface area contributed by atoms with Gasteiger partial charge < -0.3 is 15.5 Å². The van der Waals surface area contributed by atoms with E-state index in [-0.39, 0.29) is 12.0 Å². The Kier molecular flexibility index (Phi) is 5.93. The van der Waals surface area contributed by atoms with E-state index in [1.54, 1.807) is 0 Å². The van der Waals surface area contributed by atoms with Gasteiger partial charge in [0.2, 0.25) is 11.9 Å². The van der Waals surface area contributed by atoms with Crippen LogP contribution in [-0.4, -0.2) is 70.1 Å². The third kappa shape index (κ3) is 4.46. The Morgan fingerprint density at radius 1 is 0.929 bits per heavy atom. The quantitative estimate of drug-likeness (QED) is 0.823. The molecule has 3 heterocycles. The Labute approximate surface area is 167 Å². The molecule has 1 fully saturated rings. The highest BCUT2D eigenvalue weighted by Gasteiger charge is 2.25. The van der Waals surface area contributed by atoms with Gasteiger partial charge in [0, 0.05) is 58.0 Å². The number of nitrogens with two attached hydrogens (primary N) is 1. The van der Waals surface area contributed by atoms with Gasteiger partial charge in [-0.3, -0.25) is 4.90 Å². The van der Waals surface area contributed by atoms with Crippen molar-refractivity contribution in [3.63, 3.8) is 0 Å². The summed E-state index contributed by atoms with van der Waals surface area (Å²) in [4.78, 5) is 29.0. The van der Waals surface area contributed by atoms with Crippen molar-refractivity contribution >= 4 is 17.7 Å². The smallest absolute Gasteiger partial charge is 0.229 e. The van der Waals surface area contributed by atoms with E-state index in [0.29, 0.717) is 17.7 Å². The number of rotatable bonds is 5. The zero-order valence-corrected chi connectivity index (χ0v) is 17.7. The molecule has 9 heteroatoms. The molecule has 1 aliphatic rings. The number of hydrogen-bond acceptors (Lipinski definition) is 9. The Bertz CT molecular complexity index is 813. The molecule has 1 atom stereocenters. The van der Waals surface area contributed by atoms with Crippen LogP contribution in [0.5, 0.6) is 0 Å². The fraction of sp³-hybridized carbons (Fsp3) is 0.632. The molecule has 0 bridgehead atoms. The Hall–Kier alpha value is -2.55. The van der Waals surface area contributed by atoms with Crippen LogP contribution in [0.1, 0.15) is 50.1 Å². The number of aromatic nitrogens is 5. The molecule has 1 saturated heterocycles. The molecular weight excluding hydrogens is 354 g/mol. The minimum absolute atomic E-state index is 0.0736. The summed E-state index contributed by atoms with van der Waals surface area (Å²) in [5, 5.41) is 0. The Morgan fingerprint density at radius 3 is 2.21 bits per heavy atom. The van der Waals surface area contributed by atoms with Crippen LogP contribution in [0.2, 0.25) is 0 Å². The van der Waals surface area contributed by atoms with Crippen molar-refractivity contribution < 1.29 is 0 Å². The third-order valence-corrected chi connectivity index (χ3v) is 4.99. The molecule has 2 aromatic rings. The molecule has 0 aromatic carbocycles. The second kappa shape index (κ2) is 8.22. The zero-order valence-electron chi connectivity index (χ0n) is 17.7. The first-order valence-corrected chi connectivity index (χ1v) is 9.78. The lowest BCUT2D eigenvalue weighted by atomic mass is 10.2. The number of hydrogen-bond donors (Lipinski definition) is 1. The van der Waals surface area contributed by atoms with Gasteiger partial charge in [0.25, 0.3) is 0 Å². The summed E-state index contributed by atoms with van der Waals surface area (Å²) in [5.74, 6) is 3.80. The van der Waals surface area contributed by atoms with Crippen LogP contribution in [0, 0.1) is 6.92 Å². The summed E-state index contributed by atoms with van der Waals surface area (Å²) in [5.41, 5.74) is 6.90. The Balaban J connectivity index is 1.70. The standard InChI is InChI=1S/C19H31N9/c1-12(2)16-21-13(3)11-15(22-16)28-9-7-27(8-10-28)14(4)17-23-18(20)25-19(24-17)26(5)6/h11-12,14H,7-10H2,1-6H3,(H2,20,23,24,25). The predicted molar refractivity (Wildman–Crippen MR) is 112 cm³/mol. The average molecular weight is 386 g/mol. The molecule has 28 heavy (non-hydrogen) atoms.